The fourth-order valence-electron chi connectivity index (χ4n) is 5.07. The average Bonchev–Trinajstić information content (AvgIpc) is 2.73. The predicted octanol–water partition coefficient (Wildman–Crippen LogP) is 3.43. The van der Waals surface area contributed by atoms with Crippen molar-refractivity contribution in [1.82, 2.24) is 9.21 Å². The Morgan fingerprint density at radius 2 is 1.80 bits per heavy atom. The maximum atomic E-state index is 14.2. The normalized spacial score (nSPS) is 20.9. The summed E-state index contributed by atoms with van der Waals surface area (Å²) in [7, 11) is -3.18. The first-order valence-corrected chi connectivity index (χ1v) is 12.7. The maximum Gasteiger partial charge on any atom is 0.214 e. The highest BCUT2D eigenvalue weighted by Gasteiger charge is 2.40. The van der Waals surface area contributed by atoms with Crippen molar-refractivity contribution in [3.63, 3.8) is 0 Å². The number of hydrogen-bond donors (Lipinski definition) is 1. The second-order valence-corrected chi connectivity index (χ2v) is 10.7. The summed E-state index contributed by atoms with van der Waals surface area (Å²) >= 11 is 0. The van der Waals surface area contributed by atoms with Gasteiger partial charge in [-0.1, -0.05) is 32.3 Å². The van der Waals surface area contributed by atoms with E-state index in [1.54, 1.807) is 10.4 Å². The molecule has 30 heavy (non-hydrogen) atoms. The molecule has 2 aliphatic rings. The smallest absolute Gasteiger partial charge is 0.214 e. The van der Waals surface area contributed by atoms with Crippen LogP contribution in [-0.2, 0) is 10.0 Å². The van der Waals surface area contributed by atoms with Gasteiger partial charge >= 0.3 is 0 Å². The second kappa shape index (κ2) is 9.75. The second-order valence-electron chi connectivity index (χ2n) is 8.61. The van der Waals surface area contributed by atoms with Gasteiger partial charge in [0.1, 0.15) is 5.82 Å². The molecule has 168 valence electrons. The van der Waals surface area contributed by atoms with Crippen LogP contribution in [-0.4, -0.2) is 60.9 Å². The average molecular weight is 440 g/mol. The van der Waals surface area contributed by atoms with Crippen molar-refractivity contribution in [2.24, 2.45) is 0 Å². The molecule has 0 atom stereocenters. The number of nitrogen functional groups attached to an aromatic ring is 1. The molecule has 1 aromatic carbocycles. The van der Waals surface area contributed by atoms with Crippen LogP contribution in [0.2, 0.25) is 0 Å². The molecule has 1 aromatic rings. The quantitative estimate of drug-likeness (QED) is 0.496. The summed E-state index contributed by atoms with van der Waals surface area (Å²) in [6, 6.07) is 4.34. The van der Waals surface area contributed by atoms with Gasteiger partial charge in [0.15, 0.2) is 5.78 Å². The molecule has 6 nitrogen and oxygen atoms in total. The van der Waals surface area contributed by atoms with Crippen LogP contribution in [0.15, 0.2) is 18.2 Å². The van der Waals surface area contributed by atoms with E-state index in [0.717, 1.165) is 25.7 Å². The highest BCUT2D eigenvalue weighted by Crippen LogP contribution is 2.39. The van der Waals surface area contributed by atoms with Gasteiger partial charge in [0.2, 0.25) is 10.0 Å². The van der Waals surface area contributed by atoms with E-state index in [2.05, 4.69) is 4.90 Å². The minimum absolute atomic E-state index is 0.000984. The van der Waals surface area contributed by atoms with Crippen LogP contribution in [0.3, 0.4) is 0 Å². The van der Waals surface area contributed by atoms with Crippen molar-refractivity contribution >= 4 is 21.5 Å². The van der Waals surface area contributed by atoms with E-state index in [9.17, 15) is 17.6 Å². The van der Waals surface area contributed by atoms with E-state index < -0.39 is 15.8 Å². The number of nitrogens with two attached hydrogens (primary N) is 1. The van der Waals surface area contributed by atoms with Crippen LogP contribution in [0, 0.1) is 5.82 Å². The molecule has 0 spiro atoms. The van der Waals surface area contributed by atoms with Crippen molar-refractivity contribution < 1.29 is 17.6 Å². The van der Waals surface area contributed by atoms with Crippen LogP contribution in [0.1, 0.15) is 68.6 Å². The lowest BCUT2D eigenvalue weighted by molar-refractivity contribution is 0.0165. The highest BCUT2D eigenvalue weighted by atomic mass is 32.2. The van der Waals surface area contributed by atoms with Crippen molar-refractivity contribution in [2.45, 2.75) is 63.8 Å². The molecule has 0 aromatic heterocycles. The highest BCUT2D eigenvalue weighted by molar-refractivity contribution is 7.89. The van der Waals surface area contributed by atoms with E-state index in [4.69, 9.17) is 5.73 Å². The Morgan fingerprint density at radius 1 is 1.13 bits per heavy atom. The molecule has 0 radical (unpaired) electrons. The molecular weight excluding hydrogens is 405 g/mol. The zero-order valence-electron chi connectivity index (χ0n) is 17.9. The Hall–Kier alpha value is -1.51. The first-order valence-electron chi connectivity index (χ1n) is 11.1. The minimum Gasteiger partial charge on any atom is -0.398 e. The number of ketones is 1. The molecule has 1 saturated carbocycles. The number of carbonyl (C=O) groups is 1. The number of Topliss-reactive ketones (excluding diaryl/α,β-unsaturated/α-hetero) is 1. The molecule has 1 aliphatic carbocycles. The first-order chi connectivity index (χ1) is 14.3. The number of rotatable bonds is 8. The zero-order valence-corrected chi connectivity index (χ0v) is 18.7. The summed E-state index contributed by atoms with van der Waals surface area (Å²) in [4.78, 5) is 15.2. The van der Waals surface area contributed by atoms with Gasteiger partial charge in [-0.3, -0.25) is 9.69 Å². The summed E-state index contributed by atoms with van der Waals surface area (Å²) in [6.07, 6.45) is 6.90. The number of nitrogens with zero attached hydrogens (tertiary/aromatic N) is 2. The van der Waals surface area contributed by atoms with Gasteiger partial charge in [0, 0.05) is 43.8 Å². The van der Waals surface area contributed by atoms with Crippen molar-refractivity contribution in [1.29, 1.82) is 0 Å². The number of carbonyl (C=O) groups excluding carboxylic acids is 1. The van der Waals surface area contributed by atoms with Crippen LogP contribution in [0.4, 0.5) is 10.1 Å². The van der Waals surface area contributed by atoms with E-state index in [1.165, 1.54) is 18.6 Å². The molecule has 0 unspecified atom stereocenters. The fraction of sp³-hybridized carbons (Fsp3) is 0.682. The summed E-state index contributed by atoms with van der Waals surface area (Å²) in [5.41, 5.74) is 5.92. The van der Waals surface area contributed by atoms with E-state index >= 15 is 0 Å². The Kier molecular flexibility index (Phi) is 7.52. The molecule has 1 heterocycles. The van der Waals surface area contributed by atoms with Gasteiger partial charge in [-0.05, 0) is 37.8 Å². The molecule has 2 N–H and O–H groups in total. The topological polar surface area (TPSA) is 83.7 Å². The Balaban J connectivity index is 1.69. The molecule has 2 fully saturated rings. The Bertz CT molecular complexity index is 825. The van der Waals surface area contributed by atoms with Crippen molar-refractivity contribution in [3.8, 4) is 0 Å². The number of piperazine rings is 1. The van der Waals surface area contributed by atoms with Gasteiger partial charge in [-0.2, -0.15) is 4.31 Å². The van der Waals surface area contributed by atoms with E-state index in [1.807, 2.05) is 6.92 Å². The zero-order chi connectivity index (χ0) is 21.8. The summed E-state index contributed by atoms with van der Waals surface area (Å²) in [6.45, 7) is 4.23. The molecule has 8 heteroatoms. The van der Waals surface area contributed by atoms with Gasteiger partial charge in [0.05, 0.1) is 11.3 Å². The summed E-state index contributed by atoms with van der Waals surface area (Å²) in [5, 5.41) is 0. The molecule has 0 amide bonds. The number of benzene rings is 1. The predicted molar refractivity (Wildman–Crippen MR) is 117 cm³/mol. The van der Waals surface area contributed by atoms with Crippen LogP contribution in [0.25, 0.3) is 0 Å². The Labute approximate surface area is 179 Å². The molecule has 0 bridgehead atoms. The number of hydrogen-bond acceptors (Lipinski definition) is 5. The minimum atomic E-state index is -3.18. The van der Waals surface area contributed by atoms with Crippen LogP contribution < -0.4 is 5.73 Å². The van der Waals surface area contributed by atoms with E-state index in [0.29, 0.717) is 39.0 Å². The van der Waals surface area contributed by atoms with Crippen molar-refractivity contribution in [3.05, 3.63) is 29.6 Å². The van der Waals surface area contributed by atoms with Crippen LogP contribution >= 0.6 is 0 Å². The SMILES string of the molecule is CCCS(=O)(=O)N1CCN(C2(CCC(=O)c3c(N)cccc3F)CCCCC2)CC1. The maximum absolute atomic E-state index is 14.2. The standard InChI is InChI=1S/C22H34FN3O3S/c1-2-17-30(28,29)26-15-13-25(14-16-26)22(10-4-3-5-11-22)12-9-20(27)21-18(23)7-6-8-19(21)24/h6-8H,2-5,9-17,24H2,1H3. The van der Waals surface area contributed by atoms with Gasteiger partial charge in [-0.25, -0.2) is 12.8 Å². The largest absolute Gasteiger partial charge is 0.398 e. The third kappa shape index (κ3) is 5.03. The third-order valence-electron chi connectivity index (χ3n) is 6.69. The monoisotopic (exact) mass is 439 g/mol. The lowest BCUT2D eigenvalue weighted by atomic mass is 9.76. The third-order valence-corrected chi connectivity index (χ3v) is 8.77. The molecule has 3 rings (SSSR count). The first kappa shape index (κ1) is 23.2. The fourth-order valence-corrected chi connectivity index (χ4v) is 6.56. The van der Waals surface area contributed by atoms with Gasteiger partial charge in [-0.15, -0.1) is 0 Å². The lowest BCUT2D eigenvalue weighted by Crippen LogP contribution is -2.58. The molecule has 1 saturated heterocycles. The number of anilines is 1. The van der Waals surface area contributed by atoms with E-state index in [-0.39, 0.29) is 34.7 Å². The lowest BCUT2D eigenvalue weighted by Gasteiger charge is -2.50. The van der Waals surface area contributed by atoms with Gasteiger partial charge in [0.25, 0.3) is 0 Å². The number of sulfonamides is 1. The van der Waals surface area contributed by atoms with Gasteiger partial charge < -0.3 is 5.73 Å². The Morgan fingerprint density at radius 3 is 2.40 bits per heavy atom. The number of halogens is 1. The molecular formula is C22H34FN3O3S. The summed E-state index contributed by atoms with van der Waals surface area (Å²) in [5.74, 6) is -0.622. The van der Waals surface area contributed by atoms with Crippen LogP contribution in [0.5, 0.6) is 0 Å². The van der Waals surface area contributed by atoms with Crippen molar-refractivity contribution in [2.75, 3.05) is 37.7 Å². The summed E-state index contributed by atoms with van der Waals surface area (Å²) < 4.78 is 40.6. The molecule has 1 aliphatic heterocycles.